The van der Waals surface area contributed by atoms with Gasteiger partial charge in [-0.15, -0.1) is 13.2 Å². The number of alkyl halides is 3. The van der Waals surface area contributed by atoms with Crippen molar-refractivity contribution in [1.29, 1.82) is 0 Å². The van der Waals surface area contributed by atoms with E-state index in [2.05, 4.69) is 15.0 Å². The Morgan fingerprint density at radius 2 is 2.00 bits per heavy atom. The first-order valence-corrected chi connectivity index (χ1v) is 5.93. The molecule has 0 aliphatic carbocycles. The van der Waals surface area contributed by atoms with E-state index < -0.39 is 6.36 Å². The molecule has 0 atom stereocenters. The number of hydrogen-bond acceptors (Lipinski definition) is 3. The third-order valence-electron chi connectivity index (χ3n) is 2.57. The summed E-state index contributed by atoms with van der Waals surface area (Å²) in [6.07, 6.45) is -3.01. The predicted octanol–water partition coefficient (Wildman–Crippen LogP) is 3.37. The van der Waals surface area contributed by atoms with Crippen molar-refractivity contribution in [2.75, 3.05) is 7.05 Å². The number of benzene rings is 1. The molecule has 0 aliphatic heterocycles. The summed E-state index contributed by atoms with van der Waals surface area (Å²) in [5, 5.41) is 2.99. The minimum Gasteiger partial charge on any atom is -0.406 e. The van der Waals surface area contributed by atoms with Crippen molar-refractivity contribution in [3.05, 3.63) is 48.2 Å². The first kappa shape index (κ1) is 14.3. The molecule has 0 bridgehead atoms. The van der Waals surface area contributed by atoms with E-state index in [1.807, 2.05) is 13.1 Å². The highest BCUT2D eigenvalue weighted by Gasteiger charge is 2.31. The van der Waals surface area contributed by atoms with Crippen molar-refractivity contribution in [2.45, 2.75) is 12.9 Å². The summed E-state index contributed by atoms with van der Waals surface area (Å²) in [6.45, 7) is 0.685. The van der Waals surface area contributed by atoms with Crippen LogP contribution in [0.15, 0.2) is 42.6 Å². The molecular weight excluding hydrogens is 269 g/mol. The number of hydrogen-bond donors (Lipinski definition) is 1. The van der Waals surface area contributed by atoms with Gasteiger partial charge in [0.05, 0.1) is 5.69 Å². The smallest absolute Gasteiger partial charge is 0.406 e. The van der Waals surface area contributed by atoms with Gasteiger partial charge in [-0.2, -0.15) is 0 Å². The molecule has 20 heavy (non-hydrogen) atoms. The van der Waals surface area contributed by atoms with Crippen LogP contribution in [-0.2, 0) is 6.54 Å². The van der Waals surface area contributed by atoms with Gasteiger partial charge in [0.1, 0.15) is 5.75 Å². The van der Waals surface area contributed by atoms with Crippen molar-refractivity contribution in [3.8, 4) is 17.0 Å². The van der Waals surface area contributed by atoms with Crippen molar-refractivity contribution >= 4 is 0 Å². The Labute approximate surface area is 114 Å². The second kappa shape index (κ2) is 5.92. The molecule has 3 nitrogen and oxygen atoms in total. The molecule has 0 saturated heterocycles. The summed E-state index contributed by atoms with van der Waals surface area (Å²) in [6, 6.07) is 9.39. The van der Waals surface area contributed by atoms with Crippen LogP contribution in [0.5, 0.6) is 5.75 Å². The topological polar surface area (TPSA) is 34.1 Å². The first-order chi connectivity index (χ1) is 9.48. The largest absolute Gasteiger partial charge is 0.573 e. The monoisotopic (exact) mass is 282 g/mol. The lowest BCUT2D eigenvalue weighted by Crippen LogP contribution is -2.17. The van der Waals surface area contributed by atoms with Crippen LogP contribution in [0.1, 0.15) is 5.56 Å². The maximum Gasteiger partial charge on any atom is 0.573 e. The Morgan fingerprint density at radius 3 is 2.60 bits per heavy atom. The lowest BCUT2D eigenvalue weighted by atomic mass is 10.1. The molecule has 0 amide bonds. The van der Waals surface area contributed by atoms with Gasteiger partial charge in [-0.3, -0.25) is 4.98 Å². The van der Waals surface area contributed by atoms with E-state index >= 15 is 0 Å². The summed E-state index contributed by atoms with van der Waals surface area (Å²) in [4.78, 5) is 4.23. The highest BCUT2D eigenvalue weighted by atomic mass is 19.4. The zero-order valence-corrected chi connectivity index (χ0v) is 10.7. The van der Waals surface area contributed by atoms with Crippen LogP contribution in [0, 0.1) is 0 Å². The average Bonchev–Trinajstić information content (AvgIpc) is 2.38. The van der Waals surface area contributed by atoms with Crippen LogP contribution in [0.2, 0.25) is 0 Å². The molecule has 0 aliphatic rings. The Kier molecular flexibility index (Phi) is 4.24. The number of aromatic nitrogens is 1. The van der Waals surface area contributed by atoms with Crippen molar-refractivity contribution in [2.24, 2.45) is 0 Å². The lowest BCUT2D eigenvalue weighted by molar-refractivity contribution is -0.274. The number of nitrogens with one attached hydrogen (secondary N) is 1. The number of rotatable bonds is 4. The van der Waals surface area contributed by atoms with Crippen LogP contribution in [0.25, 0.3) is 11.3 Å². The highest BCUT2D eigenvalue weighted by Crippen LogP contribution is 2.27. The number of ether oxygens (including phenoxy) is 1. The van der Waals surface area contributed by atoms with Gasteiger partial charge in [0.2, 0.25) is 0 Å². The van der Waals surface area contributed by atoms with Gasteiger partial charge in [0.25, 0.3) is 0 Å². The predicted molar refractivity (Wildman–Crippen MR) is 69.1 cm³/mol. The van der Waals surface area contributed by atoms with Crippen LogP contribution in [-0.4, -0.2) is 18.4 Å². The van der Waals surface area contributed by atoms with Crippen LogP contribution >= 0.6 is 0 Å². The highest BCUT2D eigenvalue weighted by molar-refractivity contribution is 5.61. The van der Waals surface area contributed by atoms with E-state index in [1.165, 1.54) is 18.2 Å². The van der Waals surface area contributed by atoms with Gasteiger partial charge < -0.3 is 10.1 Å². The van der Waals surface area contributed by atoms with Crippen LogP contribution in [0.3, 0.4) is 0 Å². The Morgan fingerprint density at radius 1 is 1.20 bits per heavy atom. The van der Waals surface area contributed by atoms with Crippen LogP contribution in [0.4, 0.5) is 13.2 Å². The summed E-state index contributed by atoms with van der Waals surface area (Å²) < 4.78 is 40.4. The van der Waals surface area contributed by atoms with Gasteiger partial charge in [0.15, 0.2) is 0 Å². The van der Waals surface area contributed by atoms with Gasteiger partial charge in [-0.05, 0) is 30.8 Å². The number of halogens is 3. The Bertz CT molecular complexity index is 567. The molecular formula is C14H13F3N2O. The Balaban J connectivity index is 2.22. The maximum atomic E-state index is 12.2. The molecule has 1 aromatic heterocycles. The molecule has 0 unspecified atom stereocenters. The SMILES string of the molecule is CNCc1ccc(-c2cccc(OC(F)(F)F)c2)nc1. The third kappa shape index (κ3) is 3.96. The molecule has 6 heteroatoms. The average molecular weight is 282 g/mol. The Hall–Kier alpha value is -2.08. The fraction of sp³-hybridized carbons (Fsp3) is 0.214. The molecule has 0 saturated carbocycles. The standard InChI is InChI=1S/C14H13F3N2O/c1-18-8-10-5-6-13(19-9-10)11-3-2-4-12(7-11)20-14(15,16)17/h2-7,9,18H,8H2,1H3. The maximum absolute atomic E-state index is 12.2. The summed E-state index contributed by atoms with van der Waals surface area (Å²) >= 11 is 0. The van der Waals surface area contributed by atoms with Gasteiger partial charge in [0, 0.05) is 18.3 Å². The molecule has 0 radical (unpaired) electrons. The van der Waals surface area contributed by atoms with Crippen molar-refractivity contribution in [3.63, 3.8) is 0 Å². The van der Waals surface area contributed by atoms with E-state index in [0.717, 1.165) is 5.56 Å². The summed E-state index contributed by atoms with van der Waals surface area (Å²) in [5.74, 6) is -0.254. The zero-order valence-electron chi connectivity index (χ0n) is 10.7. The molecule has 0 fully saturated rings. The quantitative estimate of drug-likeness (QED) is 0.933. The molecule has 1 aromatic carbocycles. The molecule has 2 rings (SSSR count). The molecule has 0 spiro atoms. The molecule has 106 valence electrons. The van der Waals surface area contributed by atoms with E-state index in [0.29, 0.717) is 17.8 Å². The van der Waals surface area contributed by atoms with E-state index in [-0.39, 0.29) is 5.75 Å². The zero-order chi connectivity index (χ0) is 14.6. The van der Waals surface area contributed by atoms with E-state index in [1.54, 1.807) is 18.3 Å². The van der Waals surface area contributed by atoms with E-state index in [4.69, 9.17) is 0 Å². The first-order valence-electron chi connectivity index (χ1n) is 5.93. The minimum absolute atomic E-state index is 0.254. The fourth-order valence-corrected chi connectivity index (χ4v) is 1.76. The van der Waals surface area contributed by atoms with Crippen molar-refractivity contribution in [1.82, 2.24) is 10.3 Å². The normalized spacial score (nSPS) is 11.4. The lowest BCUT2D eigenvalue weighted by Gasteiger charge is -2.10. The minimum atomic E-state index is -4.69. The fourth-order valence-electron chi connectivity index (χ4n) is 1.76. The third-order valence-corrected chi connectivity index (χ3v) is 2.57. The van der Waals surface area contributed by atoms with Gasteiger partial charge in [-0.1, -0.05) is 18.2 Å². The molecule has 1 heterocycles. The summed E-state index contributed by atoms with van der Waals surface area (Å²) in [7, 11) is 1.83. The molecule has 1 N–H and O–H groups in total. The van der Waals surface area contributed by atoms with E-state index in [9.17, 15) is 13.2 Å². The van der Waals surface area contributed by atoms with Crippen LogP contribution < -0.4 is 10.1 Å². The second-order valence-electron chi connectivity index (χ2n) is 4.16. The van der Waals surface area contributed by atoms with Gasteiger partial charge in [-0.25, -0.2) is 0 Å². The van der Waals surface area contributed by atoms with Gasteiger partial charge >= 0.3 is 6.36 Å². The van der Waals surface area contributed by atoms with Crippen molar-refractivity contribution < 1.29 is 17.9 Å². The summed E-state index contributed by atoms with van der Waals surface area (Å²) in [5.41, 5.74) is 2.17. The number of pyridine rings is 1. The number of nitrogens with zero attached hydrogens (tertiary/aromatic N) is 1. The second-order valence-corrected chi connectivity index (χ2v) is 4.16. The molecule has 2 aromatic rings.